The zero-order chi connectivity index (χ0) is 16.3. The number of amides is 2. The van der Waals surface area contributed by atoms with Gasteiger partial charge in [0.25, 0.3) is 5.91 Å². The van der Waals surface area contributed by atoms with Gasteiger partial charge in [-0.25, -0.2) is 0 Å². The number of aliphatic hydroxyl groups is 1. The largest absolute Gasteiger partial charge is 0.381 e. The summed E-state index contributed by atoms with van der Waals surface area (Å²) in [5, 5.41) is 13.5. The van der Waals surface area contributed by atoms with Crippen molar-refractivity contribution in [1.82, 2.24) is 4.90 Å². The molecule has 1 saturated heterocycles. The minimum Gasteiger partial charge on any atom is -0.381 e. The molecule has 0 unspecified atom stereocenters. The highest BCUT2D eigenvalue weighted by Gasteiger charge is 2.53. The van der Waals surface area contributed by atoms with Gasteiger partial charge in [0.05, 0.1) is 15.5 Å². The molecule has 0 aromatic heterocycles. The first-order chi connectivity index (χ1) is 10.1. The van der Waals surface area contributed by atoms with Gasteiger partial charge in [-0.1, -0.05) is 23.2 Å². The monoisotopic (exact) mass is 342 g/mol. The maximum Gasteiger partial charge on any atom is 0.253 e. The molecular formula is C15H16Cl2N2O3. The summed E-state index contributed by atoms with van der Waals surface area (Å²) in [6, 6.07) is 3.32. The van der Waals surface area contributed by atoms with Crippen LogP contribution in [0.5, 0.6) is 0 Å². The van der Waals surface area contributed by atoms with Crippen molar-refractivity contribution in [2.45, 2.75) is 31.3 Å². The summed E-state index contributed by atoms with van der Waals surface area (Å²) in [7, 11) is 0. The quantitative estimate of drug-likeness (QED) is 0.821. The molecule has 0 radical (unpaired) electrons. The maximum atomic E-state index is 12.5. The number of benzene rings is 1. The first-order valence-electron chi connectivity index (χ1n) is 6.98. The van der Waals surface area contributed by atoms with Crippen LogP contribution in [0.4, 0.5) is 5.69 Å². The molecule has 2 aliphatic rings. The fourth-order valence-corrected chi connectivity index (χ4v) is 3.51. The first kappa shape index (κ1) is 15.6. The molecule has 0 bridgehead atoms. The molecule has 2 aliphatic heterocycles. The number of rotatable bonds is 1. The highest BCUT2D eigenvalue weighted by Crippen LogP contribution is 2.47. The van der Waals surface area contributed by atoms with Crippen LogP contribution in [-0.4, -0.2) is 40.5 Å². The van der Waals surface area contributed by atoms with Gasteiger partial charge in [0.1, 0.15) is 5.60 Å². The van der Waals surface area contributed by atoms with Crippen LogP contribution in [0.3, 0.4) is 0 Å². The zero-order valence-corrected chi connectivity index (χ0v) is 13.8. The van der Waals surface area contributed by atoms with Crippen molar-refractivity contribution in [3.05, 3.63) is 27.7 Å². The zero-order valence-electron chi connectivity index (χ0n) is 12.2. The topological polar surface area (TPSA) is 69.6 Å². The first-order valence-corrected chi connectivity index (χ1v) is 7.73. The Morgan fingerprint density at radius 2 is 2.00 bits per heavy atom. The number of halogens is 2. The Kier molecular flexibility index (Phi) is 3.43. The van der Waals surface area contributed by atoms with E-state index in [4.69, 9.17) is 23.2 Å². The van der Waals surface area contributed by atoms with E-state index in [1.54, 1.807) is 12.1 Å². The number of anilines is 1. The Hall–Kier alpha value is -1.30. The molecule has 2 N–H and O–H groups in total. The van der Waals surface area contributed by atoms with Crippen molar-refractivity contribution in [3.63, 3.8) is 0 Å². The average Bonchev–Trinajstić information content (AvgIpc) is 2.95. The molecule has 7 heteroatoms. The molecule has 1 aromatic carbocycles. The van der Waals surface area contributed by atoms with E-state index >= 15 is 0 Å². The normalized spacial score (nSPS) is 23.9. The van der Waals surface area contributed by atoms with E-state index in [1.165, 1.54) is 18.7 Å². The standard InChI is InChI=1S/C15H16Cl2N2O3/c1-14(2,22)13(21)19-4-3-15(7-19)8-5-9(16)10(17)6-11(8)18-12(15)20/h5-6,22H,3-4,7H2,1-2H3,(H,18,20)/t15-/m1/s1. The molecule has 2 heterocycles. The van der Waals surface area contributed by atoms with E-state index in [-0.39, 0.29) is 18.4 Å². The third-order valence-corrected chi connectivity index (χ3v) is 5.06. The second-order valence-corrected chi connectivity index (χ2v) is 7.20. The lowest BCUT2D eigenvalue weighted by molar-refractivity contribution is -0.147. The van der Waals surface area contributed by atoms with Crippen LogP contribution in [0, 0.1) is 0 Å². The van der Waals surface area contributed by atoms with Gasteiger partial charge in [0.15, 0.2) is 0 Å². The second kappa shape index (κ2) is 4.85. The molecule has 5 nitrogen and oxygen atoms in total. The molecule has 22 heavy (non-hydrogen) atoms. The van der Waals surface area contributed by atoms with Crippen molar-refractivity contribution in [2.24, 2.45) is 0 Å². The molecule has 1 spiro atoms. The van der Waals surface area contributed by atoms with Crippen molar-refractivity contribution in [3.8, 4) is 0 Å². The minimum atomic E-state index is -1.46. The van der Waals surface area contributed by atoms with Crippen molar-refractivity contribution in [1.29, 1.82) is 0 Å². The molecule has 2 amide bonds. The van der Waals surface area contributed by atoms with Crippen LogP contribution in [0.15, 0.2) is 12.1 Å². The number of likely N-dealkylation sites (tertiary alicyclic amines) is 1. The Bertz CT molecular complexity index is 684. The van der Waals surface area contributed by atoms with E-state index in [1.807, 2.05) is 0 Å². The summed E-state index contributed by atoms with van der Waals surface area (Å²) in [6.07, 6.45) is 0.492. The summed E-state index contributed by atoms with van der Waals surface area (Å²) in [6.45, 7) is 3.53. The minimum absolute atomic E-state index is 0.160. The summed E-state index contributed by atoms with van der Waals surface area (Å²) < 4.78 is 0. The van der Waals surface area contributed by atoms with Crippen LogP contribution < -0.4 is 5.32 Å². The predicted octanol–water partition coefficient (Wildman–Crippen LogP) is 2.19. The van der Waals surface area contributed by atoms with Crippen LogP contribution in [0.1, 0.15) is 25.8 Å². The van der Waals surface area contributed by atoms with Gasteiger partial charge in [-0.2, -0.15) is 0 Å². The van der Waals surface area contributed by atoms with Gasteiger partial charge < -0.3 is 15.3 Å². The Balaban J connectivity index is 1.99. The lowest BCUT2D eigenvalue weighted by Crippen LogP contribution is -2.46. The molecule has 1 atom stereocenters. The van der Waals surface area contributed by atoms with E-state index in [0.717, 1.165) is 5.56 Å². The predicted molar refractivity (Wildman–Crippen MR) is 84.3 cm³/mol. The molecule has 0 aliphatic carbocycles. The Labute approximate surface area is 138 Å². The molecule has 118 valence electrons. The summed E-state index contributed by atoms with van der Waals surface area (Å²) >= 11 is 12.1. The number of nitrogens with one attached hydrogen (secondary N) is 1. The average molecular weight is 343 g/mol. The van der Waals surface area contributed by atoms with Gasteiger partial charge in [0, 0.05) is 18.8 Å². The molecule has 0 saturated carbocycles. The number of nitrogens with zero attached hydrogens (tertiary/aromatic N) is 1. The highest BCUT2D eigenvalue weighted by atomic mass is 35.5. The van der Waals surface area contributed by atoms with E-state index in [0.29, 0.717) is 28.7 Å². The number of fused-ring (bicyclic) bond motifs is 2. The lowest BCUT2D eigenvalue weighted by Gasteiger charge is -2.27. The summed E-state index contributed by atoms with van der Waals surface area (Å²) in [4.78, 5) is 26.3. The SMILES string of the molecule is CC(C)(O)C(=O)N1CC[C@]2(C1)C(=O)Nc1cc(Cl)c(Cl)cc12. The summed E-state index contributed by atoms with van der Waals surface area (Å²) in [5.74, 6) is -0.544. The second-order valence-electron chi connectivity index (χ2n) is 6.38. The van der Waals surface area contributed by atoms with E-state index < -0.39 is 11.0 Å². The van der Waals surface area contributed by atoms with Crippen LogP contribution in [0.25, 0.3) is 0 Å². The Morgan fingerprint density at radius 1 is 1.36 bits per heavy atom. The van der Waals surface area contributed by atoms with E-state index in [2.05, 4.69) is 5.32 Å². The van der Waals surface area contributed by atoms with Crippen LogP contribution in [0.2, 0.25) is 10.0 Å². The van der Waals surface area contributed by atoms with Gasteiger partial charge >= 0.3 is 0 Å². The molecule has 3 rings (SSSR count). The van der Waals surface area contributed by atoms with Crippen molar-refractivity contribution < 1.29 is 14.7 Å². The number of hydrogen-bond acceptors (Lipinski definition) is 3. The Morgan fingerprint density at radius 3 is 2.64 bits per heavy atom. The van der Waals surface area contributed by atoms with Gasteiger partial charge in [-0.3, -0.25) is 9.59 Å². The van der Waals surface area contributed by atoms with E-state index in [9.17, 15) is 14.7 Å². The molecule has 1 aromatic rings. The van der Waals surface area contributed by atoms with Gasteiger partial charge in [0.2, 0.25) is 5.91 Å². The third-order valence-electron chi connectivity index (χ3n) is 4.34. The highest BCUT2D eigenvalue weighted by molar-refractivity contribution is 6.42. The molecule has 1 fully saturated rings. The lowest BCUT2D eigenvalue weighted by atomic mass is 9.81. The fraction of sp³-hybridized carbons (Fsp3) is 0.467. The summed E-state index contributed by atoms with van der Waals surface area (Å²) in [5.41, 5.74) is -0.874. The van der Waals surface area contributed by atoms with Crippen LogP contribution >= 0.6 is 23.2 Å². The fourth-order valence-electron chi connectivity index (χ4n) is 3.19. The third kappa shape index (κ3) is 2.19. The van der Waals surface area contributed by atoms with Gasteiger partial charge in [-0.15, -0.1) is 0 Å². The number of carbonyl (C=O) groups excluding carboxylic acids is 2. The van der Waals surface area contributed by atoms with Crippen molar-refractivity contribution >= 4 is 40.7 Å². The number of hydrogen-bond donors (Lipinski definition) is 2. The smallest absolute Gasteiger partial charge is 0.253 e. The molecular weight excluding hydrogens is 327 g/mol. The number of carbonyl (C=O) groups is 2. The van der Waals surface area contributed by atoms with Gasteiger partial charge in [-0.05, 0) is 38.0 Å². The van der Waals surface area contributed by atoms with Crippen molar-refractivity contribution in [2.75, 3.05) is 18.4 Å². The maximum absolute atomic E-state index is 12.5. The van der Waals surface area contributed by atoms with Crippen LogP contribution in [-0.2, 0) is 15.0 Å².